The van der Waals surface area contributed by atoms with Gasteiger partial charge in [-0.05, 0) is 50.2 Å². The predicted molar refractivity (Wildman–Crippen MR) is 101 cm³/mol. The van der Waals surface area contributed by atoms with Gasteiger partial charge in [0.1, 0.15) is 5.82 Å². The van der Waals surface area contributed by atoms with E-state index < -0.39 is 0 Å². The van der Waals surface area contributed by atoms with E-state index in [1.807, 2.05) is 24.3 Å². The summed E-state index contributed by atoms with van der Waals surface area (Å²) < 4.78 is 5.81. The van der Waals surface area contributed by atoms with Gasteiger partial charge >= 0.3 is 0 Å². The van der Waals surface area contributed by atoms with E-state index in [2.05, 4.69) is 58.3 Å². The molecule has 1 saturated heterocycles. The van der Waals surface area contributed by atoms with E-state index in [4.69, 9.17) is 4.74 Å². The summed E-state index contributed by atoms with van der Waals surface area (Å²) in [6.45, 7) is 6.09. The molecule has 128 valence electrons. The van der Waals surface area contributed by atoms with Crippen LogP contribution in [0.2, 0.25) is 0 Å². The first-order chi connectivity index (χ1) is 12.2. The Kier molecular flexibility index (Phi) is 4.24. The third-order valence-corrected chi connectivity index (χ3v) is 4.37. The van der Waals surface area contributed by atoms with Crippen LogP contribution in [0.1, 0.15) is 13.8 Å². The molecule has 4 rings (SSSR count). The Balaban J connectivity index is 1.49. The number of aromatic nitrogens is 2. The fourth-order valence-electron chi connectivity index (χ4n) is 3.31. The van der Waals surface area contributed by atoms with E-state index in [1.54, 1.807) is 6.20 Å². The Morgan fingerprint density at radius 2 is 1.64 bits per heavy atom. The molecule has 0 radical (unpaired) electrons. The van der Waals surface area contributed by atoms with Gasteiger partial charge in [0.2, 0.25) is 0 Å². The Labute approximate surface area is 147 Å². The van der Waals surface area contributed by atoms with Gasteiger partial charge in [-0.25, -0.2) is 4.98 Å². The van der Waals surface area contributed by atoms with Crippen LogP contribution < -0.4 is 10.2 Å². The lowest BCUT2D eigenvalue weighted by atomic mass is 10.2. The summed E-state index contributed by atoms with van der Waals surface area (Å²) >= 11 is 0. The van der Waals surface area contributed by atoms with E-state index in [0.717, 1.165) is 35.6 Å². The third kappa shape index (κ3) is 3.56. The lowest BCUT2D eigenvalue weighted by molar-refractivity contribution is -0.00521. The third-order valence-electron chi connectivity index (χ3n) is 4.37. The second-order valence-electron chi connectivity index (χ2n) is 6.58. The van der Waals surface area contributed by atoms with Crippen molar-refractivity contribution < 1.29 is 4.74 Å². The zero-order valence-corrected chi connectivity index (χ0v) is 14.5. The van der Waals surface area contributed by atoms with Crippen molar-refractivity contribution in [2.75, 3.05) is 23.3 Å². The number of nitrogens with one attached hydrogen (secondary N) is 1. The molecule has 1 aliphatic rings. The van der Waals surface area contributed by atoms with Crippen molar-refractivity contribution in [1.82, 2.24) is 9.97 Å². The highest BCUT2D eigenvalue weighted by Gasteiger charge is 2.22. The highest BCUT2D eigenvalue weighted by molar-refractivity contribution is 5.76. The summed E-state index contributed by atoms with van der Waals surface area (Å²) in [6.07, 6.45) is 2.28. The number of nitrogens with zero attached hydrogens (tertiary/aromatic N) is 3. The highest BCUT2D eigenvalue weighted by Crippen LogP contribution is 2.24. The number of rotatable bonds is 3. The van der Waals surface area contributed by atoms with Gasteiger partial charge in [0, 0.05) is 24.5 Å². The van der Waals surface area contributed by atoms with Crippen LogP contribution in [-0.2, 0) is 4.74 Å². The Morgan fingerprint density at radius 3 is 2.36 bits per heavy atom. The van der Waals surface area contributed by atoms with E-state index in [1.165, 1.54) is 5.69 Å². The molecule has 25 heavy (non-hydrogen) atoms. The number of hydrogen-bond donors (Lipinski definition) is 1. The van der Waals surface area contributed by atoms with Crippen LogP contribution in [-0.4, -0.2) is 35.3 Å². The summed E-state index contributed by atoms with van der Waals surface area (Å²) in [5, 5.41) is 3.33. The molecule has 0 aliphatic carbocycles. The van der Waals surface area contributed by atoms with Crippen molar-refractivity contribution in [1.29, 1.82) is 0 Å². The average molecular weight is 334 g/mol. The first-order valence-electron chi connectivity index (χ1n) is 8.67. The van der Waals surface area contributed by atoms with Gasteiger partial charge < -0.3 is 15.0 Å². The van der Waals surface area contributed by atoms with Crippen LogP contribution in [0.5, 0.6) is 0 Å². The minimum Gasteiger partial charge on any atom is -0.372 e. The topological polar surface area (TPSA) is 50.3 Å². The van der Waals surface area contributed by atoms with Crippen molar-refractivity contribution in [3.63, 3.8) is 0 Å². The Bertz CT molecular complexity index is 855. The molecule has 0 unspecified atom stereocenters. The fraction of sp³-hybridized carbons (Fsp3) is 0.300. The summed E-state index contributed by atoms with van der Waals surface area (Å²) in [7, 11) is 0. The van der Waals surface area contributed by atoms with Gasteiger partial charge in [-0.15, -0.1) is 0 Å². The minimum atomic E-state index is 0.259. The molecule has 3 aromatic rings. The average Bonchev–Trinajstić information content (AvgIpc) is 2.61. The van der Waals surface area contributed by atoms with Crippen LogP contribution in [0, 0.1) is 0 Å². The number of hydrogen-bond acceptors (Lipinski definition) is 5. The molecule has 1 aliphatic heterocycles. The van der Waals surface area contributed by atoms with Crippen molar-refractivity contribution in [2.45, 2.75) is 26.1 Å². The number of fused-ring (bicyclic) bond motifs is 1. The maximum absolute atomic E-state index is 5.81. The van der Waals surface area contributed by atoms with Gasteiger partial charge in [0.15, 0.2) is 0 Å². The standard InChI is InChI=1S/C20H22N4O/c1-14-12-24(13-15(2)25-14)17-9-7-16(8-10-17)22-20-11-21-18-5-3-4-6-19(18)23-20/h3-11,14-15H,12-13H2,1-2H3,(H,22,23)/t14-,15-/m1/s1. The zero-order chi connectivity index (χ0) is 17.2. The lowest BCUT2D eigenvalue weighted by Gasteiger charge is -2.36. The van der Waals surface area contributed by atoms with Gasteiger partial charge in [0.25, 0.3) is 0 Å². The minimum absolute atomic E-state index is 0.259. The van der Waals surface area contributed by atoms with Crippen molar-refractivity contribution >= 4 is 28.2 Å². The SMILES string of the molecule is C[C@@H]1CN(c2ccc(Nc3cnc4ccccc4n3)cc2)C[C@@H](C)O1. The van der Waals surface area contributed by atoms with Crippen LogP contribution in [0.15, 0.2) is 54.7 Å². The van der Waals surface area contributed by atoms with Crippen LogP contribution in [0.3, 0.4) is 0 Å². The van der Waals surface area contributed by atoms with Gasteiger partial charge in [0.05, 0.1) is 29.4 Å². The molecule has 0 amide bonds. The number of anilines is 3. The number of benzene rings is 2. The molecule has 0 bridgehead atoms. The monoisotopic (exact) mass is 334 g/mol. The molecule has 0 saturated carbocycles. The van der Waals surface area contributed by atoms with Gasteiger partial charge in [-0.2, -0.15) is 0 Å². The Morgan fingerprint density at radius 1 is 0.960 bits per heavy atom. The zero-order valence-electron chi connectivity index (χ0n) is 14.5. The maximum atomic E-state index is 5.81. The summed E-state index contributed by atoms with van der Waals surface area (Å²) in [5.74, 6) is 0.750. The number of para-hydroxylation sites is 2. The largest absolute Gasteiger partial charge is 0.372 e. The molecule has 2 aromatic carbocycles. The van der Waals surface area contributed by atoms with Gasteiger partial charge in [-0.1, -0.05) is 12.1 Å². The molecule has 2 atom stereocenters. The molecule has 5 heteroatoms. The molecular formula is C20H22N4O. The molecular weight excluding hydrogens is 312 g/mol. The van der Waals surface area contributed by atoms with E-state index in [0.29, 0.717) is 0 Å². The first-order valence-corrected chi connectivity index (χ1v) is 8.67. The summed E-state index contributed by atoms with van der Waals surface area (Å²) in [4.78, 5) is 11.4. The molecule has 0 spiro atoms. The maximum Gasteiger partial charge on any atom is 0.149 e. The van der Waals surface area contributed by atoms with Gasteiger partial charge in [-0.3, -0.25) is 4.98 Å². The van der Waals surface area contributed by atoms with Crippen LogP contribution in [0.4, 0.5) is 17.2 Å². The molecule has 1 N–H and O–H groups in total. The fourth-order valence-corrected chi connectivity index (χ4v) is 3.31. The van der Waals surface area contributed by atoms with Crippen molar-refractivity contribution in [3.05, 3.63) is 54.7 Å². The van der Waals surface area contributed by atoms with Crippen LogP contribution >= 0.6 is 0 Å². The lowest BCUT2D eigenvalue weighted by Crippen LogP contribution is -2.45. The van der Waals surface area contributed by atoms with E-state index in [9.17, 15) is 0 Å². The first kappa shape index (κ1) is 15.8. The van der Waals surface area contributed by atoms with E-state index in [-0.39, 0.29) is 12.2 Å². The molecule has 1 fully saturated rings. The Hall–Kier alpha value is -2.66. The molecule has 2 heterocycles. The van der Waals surface area contributed by atoms with Crippen molar-refractivity contribution in [3.8, 4) is 0 Å². The molecule has 1 aromatic heterocycles. The quantitative estimate of drug-likeness (QED) is 0.785. The van der Waals surface area contributed by atoms with E-state index >= 15 is 0 Å². The number of ether oxygens (including phenoxy) is 1. The smallest absolute Gasteiger partial charge is 0.149 e. The second-order valence-corrected chi connectivity index (χ2v) is 6.58. The second kappa shape index (κ2) is 6.69. The van der Waals surface area contributed by atoms with Crippen LogP contribution in [0.25, 0.3) is 11.0 Å². The summed E-state index contributed by atoms with van der Waals surface area (Å²) in [5.41, 5.74) is 4.01. The highest BCUT2D eigenvalue weighted by atomic mass is 16.5. The summed E-state index contributed by atoms with van der Waals surface area (Å²) in [6, 6.07) is 16.3. The number of morpholine rings is 1. The normalized spacial score (nSPS) is 20.6. The molecule has 5 nitrogen and oxygen atoms in total. The van der Waals surface area contributed by atoms with Crippen molar-refractivity contribution in [2.24, 2.45) is 0 Å². The predicted octanol–water partition coefficient (Wildman–Crippen LogP) is 3.99.